The van der Waals surface area contributed by atoms with Crippen LogP contribution in [0.4, 0.5) is 18.9 Å². The zero-order chi connectivity index (χ0) is 14.0. The standard InChI is InChI=1S/C13H15F3N2O/c1-9-3-2-4-10(7-9)18-6-5-12(19)17-8-11(18)13(14,15)16/h2-4,7,11H,5-6,8H2,1H3,(H,17,19). The van der Waals surface area contributed by atoms with Crippen LogP contribution in [0.15, 0.2) is 24.3 Å². The fourth-order valence-electron chi connectivity index (χ4n) is 2.20. The molecular formula is C13H15F3N2O. The number of benzene rings is 1. The SMILES string of the molecule is Cc1cccc(N2CCC(=O)NCC2C(F)(F)F)c1. The molecule has 19 heavy (non-hydrogen) atoms. The largest absolute Gasteiger partial charge is 0.410 e. The molecule has 1 saturated heterocycles. The van der Waals surface area contributed by atoms with Crippen LogP contribution >= 0.6 is 0 Å². The van der Waals surface area contributed by atoms with Crippen LogP contribution in [0.2, 0.25) is 0 Å². The average Bonchev–Trinajstić information content (AvgIpc) is 2.50. The molecule has 1 fully saturated rings. The molecule has 0 saturated carbocycles. The van der Waals surface area contributed by atoms with E-state index in [1.54, 1.807) is 18.2 Å². The quantitative estimate of drug-likeness (QED) is 0.850. The summed E-state index contributed by atoms with van der Waals surface area (Å²) >= 11 is 0. The molecular weight excluding hydrogens is 257 g/mol. The lowest BCUT2D eigenvalue weighted by Crippen LogP contribution is -2.50. The van der Waals surface area contributed by atoms with E-state index < -0.39 is 18.8 Å². The van der Waals surface area contributed by atoms with E-state index in [1.807, 2.05) is 13.0 Å². The number of hydrogen-bond acceptors (Lipinski definition) is 2. The third kappa shape index (κ3) is 3.19. The predicted octanol–water partition coefficient (Wildman–Crippen LogP) is 2.25. The fraction of sp³-hybridized carbons (Fsp3) is 0.462. The normalized spacial score (nSPS) is 20.9. The van der Waals surface area contributed by atoms with Gasteiger partial charge in [-0.05, 0) is 24.6 Å². The van der Waals surface area contributed by atoms with Crippen molar-refractivity contribution in [3.8, 4) is 0 Å². The van der Waals surface area contributed by atoms with Gasteiger partial charge in [0.1, 0.15) is 6.04 Å². The zero-order valence-electron chi connectivity index (χ0n) is 10.5. The van der Waals surface area contributed by atoms with Gasteiger partial charge in [0, 0.05) is 25.2 Å². The second kappa shape index (κ2) is 5.11. The Morgan fingerprint density at radius 1 is 1.37 bits per heavy atom. The maximum Gasteiger partial charge on any atom is 0.410 e. The van der Waals surface area contributed by atoms with Gasteiger partial charge in [-0.25, -0.2) is 0 Å². The van der Waals surface area contributed by atoms with E-state index in [9.17, 15) is 18.0 Å². The van der Waals surface area contributed by atoms with Crippen molar-refractivity contribution in [3.63, 3.8) is 0 Å². The van der Waals surface area contributed by atoms with Crippen molar-refractivity contribution >= 4 is 11.6 Å². The summed E-state index contributed by atoms with van der Waals surface area (Å²) in [5, 5.41) is 2.31. The first-order valence-electron chi connectivity index (χ1n) is 6.04. The molecule has 0 bridgehead atoms. The molecule has 3 nitrogen and oxygen atoms in total. The Bertz CT molecular complexity index is 473. The fourth-order valence-corrected chi connectivity index (χ4v) is 2.20. The number of aryl methyl sites for hydroxylation is 1. The highest BCUT2D eigenvalue weighted by atomic mass is 19.4. The lowest BCUT2D eigenvalue weighted by atomic mass is 10.1. The molecule has 1 N–H and O–H groups in total. The van der Waals surface area contributed by atoms with Gasteiger partial charge >= 0.3 is 6.18 Å². The second-order valence-corrected chi connectivity index (χ2v) is 4.64. The van der Waals surface area contributed by atoms with E-state index in [1.165, 1.54) is 4.90 Å². The Morgan fingerprint density at radius 3 is 2.74 bits per heavy atom. The number of carbonyl (C=O) groups is 1. The Morgan fingerprint density at radius 2 is 2.11 bits per heavy atom. The van der Waals surface area contributed by atoms with Crippen LogP contribution in [0.3, 0.4) is 0 Å². The van der Waals surface area contributed by atoms with Gasteiger partial charge in [0.15, 0.2) is 0 Å². The molecule has 1 aliphatic rings. The molecule has 1 aromatic carbocycles. The molecule has 1 aromatic rings. The Balaban J connectivity index is 2.34. The summed E-state index contributed by atoms with van der Waals surface area (Å²) in [6.07, 6.45) is -4.30. The number of rotatable bonds is 1. The third-order valence-electron chi connectivity index (χ3n) is 3.16. The Kier molecular flexibility index (Phi) is 3.68. The number of carbonyl (C=O) groups excluding carboxylic acids is 1. The van der Waals surface area contributed by atoms with E-state index >= 15 is 0 Å². The van der Waals surface area contributed by atoms with Gasteiger partial charge in [-0.1, -0.05) is 12.1 Å². The number of alkyl halides is 3. The smallest absolute Gasteiger partial charge is 0.358 e. The minimum absolute atomic E-state index is 0.0689. The highest BCUT2D eigenvalue weighted by Gasteiger charge is 2.45. The van der Waals surface area contributed by atoms with Crippen LogP contribution in [-0.2, 0) is 4.79 Å². The highest BCUT2D eigenvalue weighted by molar-refractivity contribution is 5.77. The van der Waals surface area contributed by atoms with E-state index in [4.69, 9.17) is 0 Å². The van der Waals surface area contributed by atoms with Crippen molar-refractivity contribution in [2.24, 2.45) is 0 Å². The number of halogens is 3. The number of amides is 1. The summed E-state index contributed by atoms with van der Waals surface area (Å²) < 4.78 is 39.3. The minimum Gasteiger partial charge on any atom is -0.358 e. The van der Waals surface area contributed by atoms with Crippen molar-refractivity contribution in [2.75, 3.05) is 18.0 Å². The van der Waals surface area contributed by atoms with Gasteiger partial charge in [-0.3, -0.25) is 4.79 Å². The second-order valence-electron chi connectivity index (χ2n) is 4.64. The van der Waals surface area contributed by atoms with E-state index in [0.717, 1.165) is 5.56 Å². The first kappa shape index (κ1) is 13.7. The molecule has 6 heteroatoms. The summed E-state index contributed by atoms with van der Waals surface area (Å²) in [5.74, 6) is -0.343. The first-order valence-corrected chi connectivity index (χ1v) is 6.04. The number of nitrogens with one attached hydrogen (secondary N) is 1. The molecule has 1 amide bonds. The van der Waals surface area contributed by atoms with Crippen LogP contribution in [-0.4, -0.2) is 31.2 Å². The summed E-state index contributed by atoms with van der Waals surface area (Å²) in [6.45, 7) is 1.49. The molecule has 0 aliphatic carbocycles. The molecule has 104 valence electrons. The predicted molar refractivity (Wildman–Crippen MR) is 66.0 cm³/mol. The minimum atomic E-state index is -4.37. The third-order valence-corrected chi connectivity index (χ3v) is 3.16. The molecule has 1 atom stereocenters. The summed E-state index contributed by atoms with van der Waals surface area (Å²) in [5.41, 5.74) is 1.39. The van der Waals surface area contributed by atoms with Gasteiger partial charge in [0.2, 0.25) is 5.91 Å². The van der Waals surface area contributed by atoms with Crippen LogP contribution in [0, 0.1) is 6.92 Å². The van der Waals surface area contributed by atoms with E-state index in [2.05, 4.69) is 5.32 Å². The van der Waals surface area contributed by atoms with Crippen LogP contribution < -0.4 is 10.2 Å². The van der Waals surface area contributed by atoms with Gasteiger partial charge in [-0.2, -0.15) is 13.2 Å². The Labute approximate surface area is 109 Å². The van der Waals surface area contributed by atoms with Crippen LogP contribution in [0.1, 0.15) is 12.0 Å². The number of anilines is 1. The molecule has 1 heterocycles. The molecule has 1 aliphatic heterocycles. The summed E-state index contributed by atoms with van der Waals surface area (Å²) in [4.78, 5) is 12.5. The molecule has 0 aromatic heterocycles. The average molecular weight is 272 g/mol. The maximum absolute atomic E-state index is 13.1. The first-order chi connectivity index (χ1) is 8.88. The van der Waals surface area contributed by atoms with Crippen molar-refractivity contribution in [1.29, 1.82) is 0 Å². The van der Waals surface area contributed by atoms with Crippen molar-refractivity contribution in [3.05, 3.63) is 29.8 Å². The molecule has 0 radical (unpaired) electrons. The van der Waals surface area contributed by atoms with Crippen molar-refractivity contribution in [1.82, 2.24) is 5.32 Å². The number of nitrogens with zero attached hydrogens (tertiary/aromatic N) is 1. The topological polar surface area (TPSA) is 32.3 Å². The van der Waals surface area contributed by atoms with Crippen LogP contribution in [0.25, 0.3) is 0 Å². The van der Waals surface area contributed by atoms with Gasteiger partial charge in [0.25, 0.3) is 0 Å². The summed E-state index contributed by atoms with van der Waals surface area (Å²) in [7, 11) is 0. The molecule has 1 unspecified atom stereocenters. The van der Waals surface area contributed by atoms with Gasteiger partial charge < -0.3 is 10.2 Å². The molecule has 0 spiro atoms. The van der Waals surface area contributed by atoms with E-state index in [-0.39, 0.29) is 18.9 Å². The van der Waals surface area contributed by atoms with E-state index in [0.29, 0.717) is 5.69 Å². The summed E-state index contributed by atoms with van der Waals surface area (Å²) in [6, 6.07) is 5.21. The van der Waals surface area contributed by atoms with Gasteiger partial charge in [0.05, 0.1) is 0 Å². The lowest BCUT2D eigenvalue weighted by Gasteiger charge is -2.33. The van der Waals surface area contributed by atoms with Gasteiger partial charge in [-0.15, -0.1) is 0 Å². The lowest BCUT2D eigenvalue weighted by molar-refractivity contribution is -0.147. The highest BCUT2D eigenvalue weighted by Crippen LogP contribution is 2.30. The van der Waals surface area contributed by atoms with Crippen molar-refractivity contribution in [2.45, 2.75) is 25.6 Å². The number of hydrogen-bond donors (Lipinski definition) is 1. The monoisotopic (exact) mass is 272 g/mol. The molecule has 2 rings (SSSR count). The van der Waals surface area contributed by atoms with Crippen molar-refractivity contribution < 1.29 is 18.0 Å². The zero-order valence-corrected chi connectivity index (χ0v) is 10.5. The Hall–Kier alpha value is -1.72. The van der Waals surface area contributed by atoms with Crippen LogP contribution in [0.5, 0.6) is 0 Å². The maximum atomic E-state index is 13.1.